The summed E-state index contributed by atoms with van der Waals surface area (Å²) in [5, 5.41) is 3.34. The molecule has 0 saturated heterocycles. The molecule has 1 aromatic rings. The van der Waals surface area contributed by atoms with E-state index in [1.54, 1.807) is 0 Å². The van der Waals surface area contributed by atoms with Crippen LogP contribution in [0.5, 0.6) is 0 Å². The van der Waals surface area contributed by atoms with Crippen molar-refractivity contribution in [3.05, 3.63) is 18.1 Å². The van der Waals surface area contributed by atoms with Gasteiger partial charge in [-0.15, -0.1) is 0 Å². The average molecular weight is 248 g/mol. The number of aromatic nitrogens is 2. The summed E-state index contributed by atoms with van der Waals surface area (Å²) in [6.45, 7) is 6.16. The molecule has 1 aliphatic rings. The fraction of sp³-hybridized carbons (Fsp3) is 0.714. The Bertz CT molecular complexity index is 357. The predicted octanol–water partition coefficient (Wildman–Crippen LogP) is 2.21. The maximum absolute atomic E-state index is 4.49. The molecule has 0 amide bonds. The summed E-state index contributed by atoms with van der Waals surface area (Å²) in [6, 6.07) is 0.479. The molecule has 0 unspecified atom stereocenters. The van der Waals surface area contributed by atoms with Crippen molar-refractivity contribution in [3.8, 4) is 0 Å². The molecule has 2 rings (SSSR count). The van der Waals surface area contributed by atoms with Gasteiger partial charge in [0.15, 0.2) is 0 Å². The van der Waals surface area contributed by atoms with Crippen LogP contribution in [-0.4, -0.2) is 29.6 Å². The molecule has 1 aliphatic carbocycles. The summed E-state index contributed by atoms with van der Waals surface area (Å²) in [5.41, 5.74) is 1.00. The van der Waals surface area contributed by atoms with Crippen LogP contribution in [0, 0.1) is 5.92 Å². The molecule has 0 aliphatic heterocycles. The highest BCUT2D eigenvalue weighted by atomic mass is 15.2. The van der Waals surface area contributed by atoms with Crippen molar-refractivity contribution < 1.29 is 0 Å². The molecule has 0 atom stereocenters. The highest BCUT2D eigenvalue weighted by Gasteiger charge is 2.19. The Morgan fingerprint density at radius 2 is 2.11 bits per heavy atom. The Hall–Kier alpha value is -1.16. The molecular weight excluding hydrogens is 224 g/mol. The van der Waals surface area contributed by atoms with Gasteiger partial charge in [0.2, 0.25) is 0 Å². The van der Waals surface area contributed by atoms with Crippen LogP contribution in [0.15, 0.2) is 12.4 Å². The lowest BCUT2D eigenvalue weighted by Gasteiger charge is -2.30. The first-order valence-electron chi connectivity index (χ1n) is 6.90. The van der Waals surface area contributed by atoms with Crippen LogP contribution >= 0.6 is 0 Å². The molecule has 1 fully saturated rings. The van der Waals surface area contributed by atoms with Crippen LogP contribution in [0.3, 0.4) is 0 Å². The first kappa shape index (κ1) is 13.3. The summed E-state index contributed by atoms with van der Waals surface area (Å²) in [7, 11) is 2.11. The maximum Gasteiger partial charge on any atom is 0.146 e. The van der Waals surface area contributed by atoms with Crippen molar-refractivity contribution in [2.75, 3.05) is 18.5 Å². The third-order valence-corrected chi connectivity index (χ3v) is 3.53. The van der Waals surface area contributed by atoms with Crippen LogP contribution < -0.4 is 10.2 Å². The second-order valence-corrected chi connectivity index (χ2v) is 5.58. The molecule has 1 heterocycles. The van der Waals surface area contributed by atoms with Gasteiger partial charge in [0.25, 0.3) is 0 Å². The number of hydrogen-bond acceptors (Lipinski definition) is 4. The maximum atomic E-state index is 4.49. The smallest absolute Gasteiger partial charge is 0.146 e. The van der Waals surface area contributed by atoms with Gasteiger partial charge in [-0.1, -0.05) is 20.3 Å². The van der Waals surface area contributed by atoms with Gasteiger partial charge in [-0.3, -0.25) is 4.98 Å². The minimum absolute atomic E-state index is 0.479. The molecule has 100 valence electrons. The van der Waals surface area contributed by atoms with E-state index in [0.717, 1.165) is 30.5 Å². The fourth-order valence-corrected chi connectivity index (χ4v) is 2.10. The zero-order valence-electron chi connectivity index (χ0n) is 11.7. The molecule has 0 spiro atoms. The fourth-order valence-electron chi connectivity index (χ4n) is 2.10. The highest BCUT2D eigenvalue weighted by Crippen LogP contribution is 2.27. The molecule has 0 bridgehead atoms. The van der Waals surface area contributed by atoms with Gasteiger partial charge >= 0.3 is 0 Å². The van der Waals surface area contributed by atoms with Crippen molar-refractivity contribution in [1.29, 1.82) is 0 Å². The summed E-state index contributed by atoms with van der Waals surface area (Å²) in [5.74, 6) is 1.84. The van der Waals surface area contributed by atoms with Gasteiger partial charge in [0, 0.05) is 26.2 Å². The normalized spacial score (nSPS) is 15.8. The lowest BCUT2D eigenvalue weighted by Crippen LogP contribution is -2.30. The minimum atomic E-state index is 0.479. The van der Waals surface area contributed by atoms with Crippen LogP contribution in [-0.2, 0) is 6.54 Å². The Morgan fingerprint density at radius 1 is 1.33 bits per heavy atom. The van der Waals surface area contributed by atoms with E-state index in [2.05, 4.69) is 41.1 Å². The standard InChI is InChI=1S/C14H24N4/c1-11(2)15-7-13-8-17-14(9-16-13)18(3)10-12-5-4-6-12/h8-9,11-12,15H,4-7,10H2,1-3H3. The van der Waals surface area contributed by atoms with Crippen molar-refractivity contribution >= 4 is 5.82 Å². The first-order valence-corrected chi connectivity index (χ1v) is 6.90. The van der Waals surface area contributed by atoms with E-state index in [-0.39, 0.29) is 0 Å². The van der Waals surface area contributed by atoms with E-state index in [0.29, 0.717) is 6.04 Å². The summed E-state index contributed by atoms with van der Waals surface area (Å²) in [4.78, 5) is 11.2. The molecule has 4 nitrogen and oxygen atoms in total. The summed E-state index contributed by atoms with van der Waals surface area (Å²) in [6.07, 6.45) is 7.89. The second kappa shape index (κ2) is 6.14. The van der Waals surface area contributed by atoms with E-state index in [9.17, 15) is 0 Å². The second-order valence-electron chi connectivity index (χ2n) is 5.58. The molecule has 18 heavy (non-hydrogen) atoms. The quantitative estimate of drug-likeness (QED) is 0.838. The highest BCUT2D eigenvalue weighted by molar-refractivity contribution is 5.34. The zero-order valence-corrected chi connectivity index (χ0v) is 11.7. The van der Waals surface area contributed by atoms with Crippen LogP contribution in [0.1, 0.15) is 38.8 Å². The van der Waals surface area contributed by atoms with Gasteiger partial charge in [0.1, 0.15) is 5.82 Å². The van der Waals surface area contributed by atoms with Crippen molar-refractivity contribution in [2.24, 2.45) is 5.92 Å². The van der Waals surface area contributed by atoms with E-state index >= 15 is 0 Å². The third kappa shape index (κ3) is 3.67. The molecule has 1 saturated carbocycles. The Morgan fingerprint density at radius 3 is 2.61 bits per heavy atom. The largest absolute Gasteiger partial charge is 0.358 e. The number of nitrogens with one attached hydrogen (secondary N) is 1. The number of rotatable bonds is 6. The molecule has 0 radical (unpaired) electrons. The van der Waals surface area contributed by atoms with Gasteiger partial charge < -0.3 is 10.2 Å². The molecule has 4 heteroatoms. The number of hydrogen-bond donors (Lipinski definition) is 1. The topological polar surface area (TPSA) is 41.1 Å². The third-order valence-electron chi connectivity index (χ3n) is 3.53. The van der Waals surface area contributed by atoms with Crippen molar-refractivity contribution in [1.82, 2.24) is 15.3 Å². The molecule has 0 aromatic carbocycles. The van der Waals surface area contributed by atoms with E-state index in [1.807, 2.05) is 12.4 Å². The van der Waals surface area contributed by atoms with Gasteiger partial charge in [-0.2, -0.15) is 0 Å². The Labute approximate surface area is 110 Å². The Balaban J connectivity index is 1.85. The monoisotopic (exact) mass is 248 g/mol. The van der Waals surface area contributed by atoms with Crippen molar-refractivity contribution in [2.45, 2.75) is 45.7 Å². The number of nitrogens with zero attached hydrogens (tertiary/aromatic N) is 3. The van der Waals surface area contributed by atoms with Gasteiger partial charge in [-0.05, 0) is 18.8 Å². The van der Waals surface area contributed by atoms with E-state index < -0.39 is 0 Å². The van der Waals surface area contributed by atoms with Crippen molar-refractivity contribution in [3.63, 3.8) is 0 Å². The summed E-state index contributed by atoms with van der Waals surface area (Å²) >= 11 is 0. The van der Waals surface area contributed by atoms with Gasteiger partial charge in [-0.25, -0.2) is 4.98 Å². The number of anilines is 1. The lowest BCUT2D eigenvalue weighted by molar-refractivity contribution is 0.321. The SMILES string of the molecule is CC(C)NCc1cnc(N(C)CC2CCC2)cn1. The molecular formula is C14H24N4. The zero-order chi connectivity index (χ0) is 13.0. The van der Waals surface area contributed by atoms with E-state index in [4.69, 9.17) is 0 Å². The molecule has 1 N–H and O–H groups in total. The molecule has 1 aromatic heterocycles. The minimum Gasteiger partial charge on any atom is -0.358 e. The van der Waals surface area contributed by atoms with Crippen LogP contribution in [0.4, 0.5) is 5.82 Å². The van der Waals surface area contributed by atoms with Crippen LogP contribution in [0.25, 0.3) is 0 Å². The average Bonchev–Trinajstić information content (AvgIpc) is 2.31. The lowest BCUT2D eigenvalue weighted by atomic mass is 9.85. The Kier molecular flexibility index (Phi) is 4.53. The van der Waals surface area contributed by atoms with Gasteiger partial charge in [0.05, 0.1) is 18.1 Å². The van der Waals surface area contributed by atoms with Crippen LogP contribution in [0.2, 0.25) is 0 Å². The van der Waals surface area contributed by atoms with E-state index in [1.165, 1.54) is 19.3 Å². The first-order chi connectivity index (χ1) is 8.65. The summed E-state index contributed by atoms with van der Waals surface area (Å²) < 4.78 is 0. The predicted molar refractivity (Wildman–Crippen MR) is 74.6 cm³/mol.